The first kappa shape index (κ1) is 21.9. The van der Waals surface area contributed by atoms with E-state index in [9.17, 15) is 9.59 Å². The van der Waals surface area contributed by atoms with Crippen LogP contribution in [-0.2, 0) is 0 Å². The molecule has 2 N–H and O–H groups in total. The zero-order valence-corrected chi connectivity index (χ0v) is 17.6. The summed E-state index contributed by atoms with van der Waals surface area (Å²) in [5, 5.41) is 7.06. The summed E-state index contributed by atoms with van der Waals surface area (Å²) < 4.78 is 10.4. The number of anilines is 1. The van der Waals surface area contributed by atoms with Crippen molar-refractivity contribution in [1.82, 2.24) is 5.43 Å². The highest BCUT2D eigenvalue weighted by Crippen LogP contribution is 2.23. The van der Waals surface area contributed by atoms with Gasteiger partial charge in [0.05, 0.1) is 31.0 Å². The highest BCUT2D eigenvalue weighted by molar-refractivity contribution is 6.34. The van der Waals surface area contributed by atoms with Gasteiger partial charge in [0, 0.05) is 22.9 Å². The molecule has 7 nitrogen and oxygen atoms in total. The van der Waals surface area contributed by atoms with Crippen LogP contribution in [0, 0.1) is 0 Å². The van der Waals surface area contributed by atoms with E-state index in [2.05, 4.69) is 15.8 Å². The minimum atomic E-state index is -0.433. The molecule has 0 unspecified atom stereocenters. The maximum absolute atomic E-state index is 12.4. The molecule has 158 valence electrons. The largest absolute Gasteiger partial charge is 0.497 e. The van der Waals surface area contributed by atoms with Gasteiger partial charge in [0.15, 0.2) is 0 Å². The lowest BCUT2D eigenvalue weighted by atomic mass is 10.1. The van der Waals surface area contributed by atoms with Crippen LogP contribution in [0.5, 0.6) is 11.5 Å². The van der Waals surface area contributed by atoms with Gasteiger partial charge in [0.2, 0.25) is 0 Å². The molecule has 31 heavy (non-hydrogen) atoms. The van der Waals surface area contributed by atoms with Crippen LogP contribution >= 0.6 is 11.6 Å². The van der Waals surface area contributed by atoms with Crippen molar-refractivity contribution in [2.75, 3.05) is 19.5 Å². The van der Waals surface area contributed by atoms with Gasteiger partial charge in [-0.05, 0) is 42.5 Å². The van der Waals surface area contributed by atoms with Gasteiger partial charge < -0.3 is 14.8 Å². The summed E-state index contributed by atoms with van der Waals surface area (Å²) in [6, 6.07) is 18.5. The minimum Gasteiger partial charge on any atom is -0.497 e. The maximum atomic E-state index is 12.4. The maximum Gasteiger partial charge on any atom is 0.271 e. The number of ether oxygens (including phenoxy) is 2. The first-order valence-electron chi connectivity index (χ1n) is 9.23. The van der Waals surface area contributed by atoms with Gasteiger partial charge in [-0.2, -0.15) is 5.10 Å². The lowest BCUT2D eigenvalue weighted by Gasteiger charge is -2.08. The Kier molecular flexibility index (Phi) is 7.24. The molecule has 0 atom stereocenters. The van der Waals surface area contributed by atoms with E-state index >= 15 is 0 Å². The molecular weight excluding hydrogens is 418 g/mol. The Labute approximate surface area is 184 Å². The molecule has 0 aliphatic heterocycles. The Morgan fingerprint density at radius 3 is 2.48 bits per heavy atom. The van der Waals surface area contributed by atoms with Gasteiger partial charge >= 0.3 is 0 Å². The summed E-state index contributed by atoms with van der Waals surface area (Å²) in [5.74, 6) is 0.403. The van der Waals surface area contributed by atoms with Gasteiger partial charge in [-0.1, -0.05) is 29.8 Å². The van der Waals surface area contributed by atoms with Gasteiger partial charge in [-0.3, -0.25) is 9.59 Å². The lowest BCUT2D eigenvalue weighted by molar-refractivity contribution is 0.0953. The predicted molar refractivity (Wildman–Crippen MR) is 120 cm³/mol. The van der Waals surface area contributed by atoms with Gasteiger partial charge in [0.25, 0.3) is 11.8 Å². The average molecular weight is 438 g/mol. The number of rotatable bonds is 7. The molecule has 0 bridgehead atoms. The van der Waals surface area contributed by atoms with Gasteiger partial charge in [0.1, 0.15) is 11.5 Å². The van der Waals surface area contributed by atoms with E-state index < -0.39 is 5.91 Å². The molecule has 3 rings (SSSR count). The summed E-state index contributed by atoms with van der Waals surface area (Å²) in [7, 11) is 3.10. The predicted octanol–water partition coefficient (Wildman–Crippen LogP) is 4.37. The number of hydrogen-bond donors (Lipinski definition) is 2. The quantitative estimate of drug-likeness (QED) is 0.424. The molecule has 2 amide bonds. The van der Waals surface area contributed by atoms with E-state index in [0.717, 1.165) is 0 Å². The smallest absolute Gasteiger partial charge is 0.271 e. The molecule has 0 aliphatic rings. The summed E-state index contributed by atoms with van der Waals surface area (Å²) in [6.45, 7) is 0. The zero-order valence-electron chi connectivity index (χ0n) is 16.9. The van der Waals surface area contributed by atoms with E-state index in [-0.39, 0.29) is 5.91 Å². The second-order valence-electron chi connectivity index (χ2n) is 6.32. The molecule has 0 aliphatic carbocycles. The number of amides is 2. The first-order valence-corrected chi connectivity index (χ1v) is 9.61. The Morgan fingerprint density at radius 2 is 1.74 bits per heavy atom. The standard InChI is InChI=1S/C23H20ClN3O4/c1-30-18-11-10-16(21(13-18)31-2)14-25-27-22(28)15-6-5-7-17(12-15)26-23(29)19-8-3-4-9-20(19)24/h3-14H,1-2H3,(H,26,29)(H,27,28)/b25-14-. The van der Waals surface area contributed by atoms with Crippen LogP contribution in [0.2, 0.25) is 5.02 Å². The number of carbonyl (C=O) groups excluding carboxylic acids is 2. The number of nitrogens with one attached hydrogen (secondary N) is 2. The van der Waals surface area contributed by atoms with Crippen molar-refractivity contribution >= 4 is 35.3 Å². The Bertz CT molecular complexity index is 1130. The highest BCUT2D eigenvalue weighted by atomic mass is 35.5. The van der Waals surface area contributed by atoms with E-state index in [4.69, 9.17) is 21.1 Å². The van der Waals surface area contributed by atoms with E-state index in [1.165, 1.54) is 13.3 Å². The molecule has 0 aromatic heterocycles. The normalized spacial score (nSPS) is 10.5. The SMILES string of the molecule is COc1ccc(/C=N\NC(=O)c2cccc(NC(=O)c3ccccc3Cl)c2)c(OC)c1. The van der Waals surface area contributed by atoms with Crippen molar-refractivity contribution in [3.63, 3.8) is 0 Å². The molecule has 3 aromatic carbocycles. The molecule has 0 fully saturated rings. The fraction of sp³-hybridized carbons (Fsp3) is 0.0870. The number of hydrogen-bond acceptors (Lipinski definition) is 5. The van der Waals surface area contributed by atoms with E-state index in [1.807, 2.05) is 0 Å². The second kappa shape index (κ2) is 10.3. The molecule has 0 saturated carbocycles. The second-order valence-corrected chi connectivity index (χ2v) is 6.73. The van der Waals surface area contributed by atoms with Crippen LogP contribution in [0.15, 0.2) is 71.8 Å². The van der Waals surface area contributed by atoms with Gasteiger partial charge in [-0.25, -0.2) is 5.43 Å². The van der Waals surface area contributed by atoms with Crippen LogP contribution in [0.1, 0.15) is 26.3 Å². The summed E-state index contributed by atoms with van der Waals surface area (Å²) in [4.78, 5) is 24.9. The number of benzene rings is 3. The molecule has 0 spiro atoms. The molecule has 0 radical (unpaired) electrons. The fourth-order valence-electron chi connectivity index (χ4n) is 2.73. The van der Waals surface area contributed by atoms with Crippen molar-refractivity contribution in [2.24, 2.45) is 5.10 Å². The first-order chi connectivity index (χ1) is 15.0. The Morgan fingerprint density at radius 1 is 0.935 bits per heavy atom. The lowest BCUT2D eigenvalue weighted by Crippen LogP contribution is -2.18. The third-order valence-electron chi connectivity index (χ3n) is 4.31. The van der Waals surface area contributed by atoms with E-state index in [0.29, 0.717) is 38.9 Å². The topological polar surface area (TPSA) is 89.0 Å². The van der Waals surface area contributed by atoms with Crippen LogP contribution in [0.3, 0.4) is 0 Å². The van der Waals surface area contributed by atoms with Crippen LogP contribution < -0.4 is 20.2 Å². The van der Waals surface area contributed by atoms with Crippen molar-refractivity contribution in [2.45, 2.75) is 0 Å². The molecule has 0 saturated heterocycles. The summed E-state index contributed by atoms with van der Waals surface area (Å²) in [5.41, 5.74) is 4.26. The van der Waals surface area contributed by atoms with Crippen molar-refractivity contribution in [1.29, 1.82) is 0 Å². The number of carbonyl (C=O) groups is 2. The van der Waals surface area contributed by atoms with Crippen molar-refractivity contribution in [3.8, 4) is 11.5 Å². The Hall–Kier alpha value is -3.84. The summed E-state index contributed by atoms with van der Waals surface area (Å²) >= 11 is 6.06. The molecule has 8 heteroatoms. The minimum absolute atomic E-state index is 0.329. The fourth-order valence-corrected chi connectivity index (χ4v) is 2.95. The highest BCUT2D eigenvalue weighted by Gasteiger charge is 2.11. The van der Waals surface area contributed by atoms with Crippen molar-refractivity contribution < 1.29 is 19.1 Å². The average Bonchev–Trinajstić information content (AvgIpc) is 2.79. The molecule has 3 aromatic rings. The number of hydrazone groups is 1. The summed E-state index contributed by atoms with van der Waals surface area (Å²) in [6.07, 6.45) is 1.47. The van der Waals surface area contributed by atoms with Crippen LogP contribution in [-0.4, -0.2) is 32.2 Å². The third-order valence-corrected chi connectivity index (χ3v) is 4.64. The van der Waals surface area contributed by atoms with Crippen molar-refractivity contribution in [3.05, 3.63) is 88.4 Å². The third kappa shape index (κ3) is 5.61. The monoisotopic (exact) mass is 437 g/mol. The number of methoxy groups -OCH3 is 2. The van der Waals surface area contributed by atoms with Crippen LogP contribution in [0.25, 0.3) is 0 Å². The van der Waals surface area contributed by atoms with Crippen LogP contribution in [0.4, 0.5) is 5.69 Å². The molecular formula is C23H20ClN3O4. The zero-order chi connectivity index (χ0) is 22.2. The Balaban J connectivity index is 1.67. The number of halogens is 1. The van der Waals surface area contributed by atoms with E-state index in [1.54, 1.807) is 73.8 Å². The van der Waals surface area contributed by atoms with Gasteiger partial charge in [-0.15, -0.1) is 0 Å². The molecule has 0 heterocycles. The number of nitrogens with zero attached hydrogens (tertiary/aromatic N) is 1.